The van der Waals surface area contributed by atoms with Crippen LogP contribution < -0.4 is 0 Å². The molecule has 0 aliphatic rings. The van der Waals surface area contributed by atoms with Gasteiger partial charge < -0.3 is 14.2 Å². The van der Waals surface area contributed by atoms with E-state index in [4.69, 9.17) is 14.2 Å². The van der Waals surface area contributed by atoms with E-state index in [1.807, 2.05) is 24.3 Å². The lowest BCUT2D eigenvalue weighted by Crippen LogP contribution is -2.30. The summed E-state index contributed by atoms with van der Waals surface area (Å²) < 4.78 is 16.7. The molecule has 390 valence electrons. The van der Waals surface area contributed by atoms with Crippen LogP contribution in [0.3, 0.4) is 0 Å². The minimum atomic E-state index is -0.860. The van der Waals surface area contributed by atoms with E-state index in [9.17, 15) is 14.4 Å². The highest BCUT2D eigenvalue weighted by molar-refractivity contribution is 5.71. The van der Waals surface area contributed by atoms with Crippen LogP contribution in [0, 0.1) is 0 Å². The molecule has 0 N–H and O–H groups in total. The molecule has 70 heavy (non-hydrogen) atoms. The predicted octanol–water partition coefficient (Wildman–Crippen LogP) is 18.6. The van der Waals surface area contributed by atoms with E-state index in [-0.39, 0.29) is 38.0 Å². The fourth-order valence-corrected chi connectivity index (χ4v) is 6.72. The third-order valence-electron chi connectivity index (χ3n) is 10.8. The van der Waals surface area contributed by atoms with E-state index in [0.29, 0.717) is 19.3 Å². The zero-order chi connectivity index (χ0) is 50.7. The number of allylic oxidation sites excluding steroid dienone is 26. The van der Waals surface area contributed by atoms with Gasteiger partial charge in [-0.05, 0) is 122 Å². The molecular formula is C64H98O6. The predicted molar refractivity (Wildman–Crippen MR) is 302 cm³/mol. The molecule has 0 rings (SSSR count). The van der Waals surface area contributed by atoms with Gasteiger partial charge in [-0.3, -0.25) is 14.4 Å². The first kappa shape index (κ1) is 65.0. The van der Waals surface area contributed by atoms with Crippen molar-refractivity contribution in [2.24, 2.45) is 0 Å². The van der Waals surface area contributed by atoms with Gasteiger partial charge >= 0.3 is 17.9 Å². The van der Waals surface area contributed by atoms with Gasteiger partial charge in [0, 0.05) is 19.3 Å². The lowest BCUT2D eigenvalue weighted by atomic mass is 10.1. The van der Waals surface area contributed by atoms with Gasteiger partial charge in [0.25, 0.3) is 0 Å². The molecule has 0 aliphatic heterocycles. The Kier molecular flexibility index (Phi) is 52.6. The van der Waals surface area contributed by atoms with Crippen LogP contribution in [0.4, 0.5) is 0 Å². The van der Waals surface area contributed by atoms with Gasteiger partial charge in [0.15, 0.2) is 6.10 Å². The van der Waals surface area contributed by atoms with E-state index < -0.39 is 12.1 Å². The number of carbonyl (C=O) groups excluding carboxylic acids is 3. The minimum absolute atomic E-state index is 0.143. The molecular weight excluding hydrogens is 865 g/mol. The average molecular weight is 963 g/mol. The zero-order valence-electron chi connectivity index (χ0n) is 44.5. The summed E-state index contributed by atoms with van der Waals surface area (Å²) in [5, 5.41) is 0. The first-order valence-corrected chi connectivity index (χ1v) is 27.5. The Labute approximate surface area is 429 Å². The van der Waals surface area contributed by atoms with Crippen LogP contribution in [-0.2, 0) is 28.6 Å². The Morgan fingerprint density at radius 2 is 0.586 bits per heavy atom. The highest BCUT2D eigenvalue weighted by atomic mass is 16.6. The quantitative estimate of drug-likeness (QED) is 0.0262. The second-order valence-electron chi connectivity index (χ2n) is 17.4. The van der Waals surface area contributed by atoms with Gasteiger partial charge in [-0.1, -0.05) is 224 Å². The van der Waals surface area contributed by atoms with Crippen molar-refractivity contribution in [1.29, 1.82) is 0 Å². The zero-order valence-corrected chi connectivity index (χ0v) is 44.5. The van der Waals surface area contributed by atoms with Crippen molar-refractivity contribution in [3.63, 3.8) is 0 Å². The summed E-state index contributed by atoms with van der Waals surface area (Å²) in [6, 6.07) is 0. The molecule has 6 heteroatoms. The molecule has 0 unspecified atom stereocenters. The third kappa shape index (κ3) is 54.0. The third-order valence-corrected chi connectivity index (χ3v) is 10.8. The largest absolute Gasteiger partial charge is 0.462 e. The molecule has 0 aromatic heterocycles. The Balaban J connectivity index is 4.66. The topological polar surface area (TPSA) is 78.9 Å². The summed E-state index contributed by atoms with van der Waals surface area (Å²) in [5.74, 6) is -1.14. The number of hydrogen-bond donors (Lipinski definition) is 0. The fraction of sp³-hybridized carbons (Fsp3) is 0.547. The van der Waals surface area contributed by atoms with Gasteiger partial charge in [-0.2, -0.15) is 0 Å². The first-order chi connectivity index (χ1) is 34.5. The summed E-state index contributed by atoms with van der Waals surface area (Å²) in [7, 11) is 0. The molecule has 0 heterocycles. The molecule has 0 fully saturated rings. The van der Waals surface area contributed by atoms with E-state index in [1.165, 1.54) is 44.9 Å². The monoisotopic (exact) mass is 963 g/mol. The highest BCUT2D eigenvalue weighted by Crippen LogP contribution is 2.11. The average Bonchev–Trinajstić information content (AvgIpc) is 3.36. The standard InChI is InChI=1S/C64H98O6/c1-4-7-10-13-16-19-22-25-28-30-32-34-36-39-42-45-48-51-54-57-63(66)69-60-61(59-68-62(65)56-53-50-47-44-41-38-27-24-21-18-15-12-9-6-3)70-64(67)58-55-52-49-46-43-40-37-35-33-31-29-26-23-20-17-14-11-8-5-2/h7-8,10-11,16-17,19-20,24-29,32-35,39-40,42-43,48-49,51-52,61H,4-6,9,12-15,18,21-23,30-31,36-38,41,44-47,50,53-60H2,1-3H3/b10-7-,11-8-,19-16-,20-17-,27-24-,28-25-,29-26-,34-32-,35-33-,42-39-,43-40-,51-48-,52-49-/t61-/m1/s1. The van der Waals surface area contributed by atoms with Crippen molar-refractivity contribution in [1.82, 2.24) is 0 Å². The number of ether oxygens (including phenoxy) is 3. The maximum atomic E-state index is 12.8. The number of carbonyl (C=O) groups is 3. The van der Waals surface area contributed by atoms with Crippen LogP contribution in [0.2, 0.25) is 0 Å². The maximum absolute atomic E-state index is 12.8. The van der Waals surface area contributed by atoms with Crippen molar-refractivity contribution < 1.29 is 28.6 Å². The smallest absolute Gasteiger partial charge is 0.306 e. The van der Waals surface area contributed by atoms with E-state index in [1.54, 1.807) is 0 Å². The van der Waals surface area contributed by atoms with Crippen LogP contribution in [0.1, 0.15) is 207 Å². The number of unbranched alkanes of at least 4 members (excludes halogenated alkanes) is 10. The number of rotatable bonds is 47. The second-order valence-corrected chi connectivity index (χ2v) is 17.4. The molecule has 0 radical (unpaired) electrons. The van der Waals surface area contributed by atoms with E-state index in [2.05, 4.69) is 154 Å². The van der Waals surface area contributed by atoms with Gasteiger partial charge in [-0.25, -0.2) is 0 Å². The summed E-state index contributed by atoms with van der Waals surface area (Å²) in [4.78, 5) is 38.0. The minimum Gasteiger partial charge on any atom is -0.462 e. The lowest BCUT2D eigenvalue weighted by Gasteiger charge is -2.18. The summed E-state index contributed by atoms with van der Waals surface area (Å²) in [6.45, 7) is 6.24. The Morgan fingerprint density at radius 3 is 0.957 bits per heavy atom. The fourth-order valence-electron chi connectivity index (χ4n) is 6.72. The van der Waals surface area contributed by atoms with Crippen LogP contribution in [-0.4, -0.2) is 37.2 Å². The molecule has 0 amide bonds. The molecule has 0 saturated carbocycles. The maximum Gasteiger partial charge on any atom is 0.306 e. The van der Waals surface area contributed by atoms with Gasteiger partial charge in [0.05, 0.1) is 0 Å². The van der Waals surface area contributed by atoms with Crippen LogP contribution in [0.15, 0.2) is 158 Å². The normalized spacial score (nSPS) is 13.4. The van der Waals surface area contributed by atoms with Crippen molar-refractivity contribution in [2.45, 2.75) is 213 Å². The summed E-state index contributed by atoms with van der Waals surface area (Å²) in [5.41, 5.74) is 0. The Bertz CT molecular complexity index is 1620. The highest BCUT2D eigenvalue weighted by Gasteiger charge is 2.19. The van der Waals surface area contributed by atoms with Crippen molar-refractivity contribution in [2.75, 3.05) is 13.2 Å². The Morgan fingerprint density at radius 1 is 0.300 bits per heavy atom. The first-order valence-electron chi connectivity index (χ1n) is 27.5. The Hall–Kier alpha value is -4.97. The summed E-state index contributed by atoms with van der Waals surface area (Å²) in [6.07, 6.45) is 82.5. The molecule has 0 aromatic carbocycles. The van der Waals surface area contributed by atoms with Crippen molar-refractivity contribution in [3.8, 4) is 0 Å². The van der Waals surface area contributed by atoms with E-state index >= 15 is 0 Å². The second kappa shape index (κ2) is 56.6. The number of hydrogen-bond acceptors (Lipinski definition) is 6. The molecule has 0 bridgehead atoms. The number of esters is 3. The molecule has 0 aromatic rings. The molecule has 1 atom stereocenters. The van der Waals surface area contributed by atoms with Gasteiger partial charge in [-0.15, -0.1) is 0 Å². The van der Waals surface area contributed by atoms with E-state index in [0.717, 1.165) is 109 Å². The van der Waals surface area contributed by atoms with Gasteiger partial charge in [0.2, 0.25) is 0 Å². The molecule has 0 spiro atoms. The van der Waals surface area contributed by atoms with Crippen LogP contribution >= 0.6 is 0 Å². The SMILES string of the molecule is CC/C=C\C/C=C\C/C=C\C/C=C\C/C=C\C/C=C\CCC(=O)OC[C@@H](COC(=O)CCCCCCC/C=C\CCCCCCC)OC(=O)CC/C=C\C/C=C\C/C=C\C/C=C\C/C=C\C/C=C\CC. The lowest BCUT2D eigenvalue weighted by molar-refractivity contribution is -0.166. The molecule has 6 nitrogen and oxygen atoms in total. The van der Waals surface area contributed by atoms with Crippen molar-refractivity contribution in [3.05, 3.63) is 158 Å². The van der Waals surface area contributed by atoms with Crippen LogP contribution in [0.25, 0.3) is 0 Å². The van der Waals surface area contributed by atoms with Crippen LogP contribution in [0.5, 0.6) is 0 Å². The van der Waals surface area contributed by atoms with Gasteiger partial charge in [0.1, 0.15) is 13.2 Å². The molecule has 0 saturated heterocycles. The summed E-state index contributed by atoms with van der Waals surface area (Å²) >= 11 is 0. The molecule has 0 aliphatic carbocycles. The van der Waals surface area contributed by atoms with Crippen molar-refractivity contribution >= 4 is 17.9 Å².